The summed E-state index contributed by atoms with van der Waals surface area (Å²) in [6.45, 7) is 1.63. The Morgan fingerprint density at radius 1 is 1.19 bits per heavy atom. The Labute approximate surface area is 121 Å². The molecular formula is C15H17F3N2O. The van der Waals surface area contributed by atoms with E-state index in [9.17, 15) is 18.0 Å². The molecule has 1 aromatic carbocycles. The van der Waals surface area contributed by atoms with E-state index in [1.165, 1.54) is 6.07 Å². The van der Waals surface area contributed by atoms with E-state index >= 15 is 0 Å². The average molecular weight is 298 g/mol. The highest BCUT2D eigenvalue weighted by atomic mass is 19.4. The molecule has 1 aromatic rings. The Morgan fingerprint density at radius 3 is 2.43 bits per heavy atom. The topological polar surface area (TPSA) is 32.3 Å². The normalized spacial score (nSPS) is 18.9. The van der Waals surface area contributed by atoms with Gasteiger partial charge in [0, 0.05) is 19.0 Å². The van der Waals surface area contributed by atoms with Gasteiger partial charge in [0.15, 0.2) is 0 Å². The number of hydrogen-bond acceptors (Lipinski definition) is 2. The minimum Gasteiger partial charge on any atom is -0.370 e. The molecule has 2 fully saturated rings. The maximum absolute atomic E-state index is 12.9. The van der Waals surface area contributed by atoms with Gasteiger partial charge in [-0.1, -0.05) is 0 Å². The summed E-state index contributed by atoms with van der Waals surface area (Å²) < 4.78 is 38.6. The van der Waals surface area contributed by atoms with E-state index in [-0.39, 0.29) is 17.5 Å². The molecule has 0 atom stereocenters. The third-order valence-electron chi connectivity index (χ3n) is 3.98. The Bertz CT molecular complexity index is 546. The lowest BCUT2D eigenvalue weighted by Crippen LogP contribution is -2.22. The van der Waals surface area contributed by atoms with Crippen molar-refractivity contribution in [3.8, 4) is 0 Å². The molecule has 1 amide bonds. The molecular weight excluding hydrogens is 281 g/mol. The van der Waals surface area contributed by atoms with Crippen LogP contribution in [0.4, 0.5) is 24.5 Å². The number of alkyl halides is 3. The fraction of sp³-hybridized carbons (Fsp3) is 0.533. The zero-order valence-electron chi connectivity index (χ0n) is 11.5. The summed E-state index contributed by atoms with van der Waals surface area (Å²) in [5.74, 6) is -0.208. The summed E-state index contributed by atoms with van der Waals surface area (Å²) >= 11 is 0. The van der Waals surface area contributed by atoms with Crippen LogP contribution in [-0.2, 0) is 11.0 Å². The minimum absolute atomic E-state index is 0.0361. The fourth-order valence-electron chi connectivity index (χ4n) is 2.63. The van der Waals surface area contributed by atoms with Gasteiger partial charge in [-0.3, -0.25) is 4.79 Å². The third-order valence-corrected chi connectivity index (χ3v) is 3.98. The first-order valence-electron chi connectivity index (χ1n) is 7.22. The summed E-state index contributed by atoms with van der Waals surface area (Å²) in [6.07, 6.45) is -0.704. The highest BCUT2D eigenvalue weighted by molar-refractivity contribution is 5.97. The van der Waals surface area contributed by atoms with Crippen LogP contribution >= 0.6 is 0 Å². The van der Waals surface area contributed by atoms with E-state index in [2.05, 4.69) is 5.32 Å². The van der Waals surface area contributed by atoms with Crippen molar-refractivity contribution in [2.75, 3.05) is 23.3 Å². The number of amides is 1. The van der Waals surface area contributed by atoms with Crippen molar-refractivity contribution in [3.63, 3.8) is 0 Å². The Balaban J connectivity index is 1.91. The Hall–Kier alpha value is -1.72. The number of hydrogen-bond donors (Lipinski definition) is 1. The molecule has 114 valence electrons. The summed E-state index contributed by atoms with van der Waals surface area (Å²) in [5, 5.41) is 2.68. The predicted octanol–water partition coefficient (Wildman–Crippen LogP) is 3.65. The van der Waals surface area contributed by atoms with E-state index < -0.39 is 11.7 Å². The molecule has 1 saturated carbocycles. The summed E-state index contributed by atoms with van der Waals surface area (Å²) in [7, 11) is 0. The fourth-order valence-corrected chi connectivity index (χ4v) is 2.63. The second kappa shape index (κ2) is 5.24. The van der Waals surface area contributed by atoms with E-state index in [0.29, 0.717) is 5.69 Å². The lowest BCUT2D eigenvalue weighted by Gasteiger charge is -2.23. The third kappa shape index (κ3) is 3.14. The number of benzene rings is 1. The zero-order valence-corrected chi connectivity index (χ0v) is 11.5. The lowest BCUT2D eigenvalue weighted by atomic mass is 10.1. The number of nitrogens with zero attached hydrogens (tertiary/aromatic N) is 1. The summed E-state index contributed by atoms with van der Waals surface area (Å²) in [6, 6.07) is 3.60. The molecule has 21 heavy (non-hydrogen) atoms. The van der Waals surface area contributed by atoms with Crippen molar-refractivity contribution >= 4 is 17.3 Å². The van der Waals surface area contributed by atoms with E-state index in [1.807, 2.05) is 4.90 Å². The van der Waals surface area contributed by atoms with Crippen molar-refractivity contribution in [2.45, 2.75) is 31.9 Å². The van der Waals surface area contributed by atoms with Gasteiger partial charge in [-0.15, -0.1) is 0 Å². The van der Waals surface area contributed by atoms with Crippen LogP contribution < -0.4 is 10.2 Å². The number of rotatable bonds is 3. The second-order valence-electron chi connectivity index (χ2n) is 5.69. The van der Waals surface area contributed by atoms with Gasteiger partial charge in [-0.05, 0) is 43.9 Å². The molecule has 3 rings (SSSR count). The lowest BCUT2D eigenvalue weighted by molar-refractivity contribution is -0.137. The van der Waals surface area contributed by atoms with E-state index in [4.69, 9.17) is 0 Å². The van der Waals surface area contributed by atoms with Crippen molar-refractivity contribution in [1.29, 1.82) is 0 Å². The predicted molar refractivity (Wildman–Crippen MR) is 74.2 cm³/mol. The maximum Gasteiger partial charge on any atom is 0.416 e. The number of carbonyl (C=O) groups excluding carboxylic acids is 1. The van der Waals surface area contributed by atoms with Gasteiger partial charge in [-0.2, -0.15) is 13.2 Å². The zero-order chi connectivity index (χ0) is 15.0. The number of anilines is 2. The van der Waals surface area contributed by atoms with Crippen LogP contribution in [-0.4, -0.2) is 19.0 Å². The van der Waals surface area contributed by atoms with Crippen LogP contribution in [0.3, 0.4) is 0 Å². The first-order chi connectivity index (χ1) is 9.95. The monoisotopic (exact) mass is 298 g/mol. The molecule has 1 saturated heterocycles. The van der Waals surface area contributed by atoms with Crippen molar-refractivity contribution < 1.29 is 18.0 Å². The largest absolute Gasteiger partial charge is 0.416 e. The van der Waals surface area contributed by atoms with Crippen molar-refractivity contribution in [1.82, 2.24) is 0 Å². The molecule has 6 heteroatoms. The van der Waals surface area contributed by atoms with Gasteiger partial charge in [-0.25, -0.2) is 0 Å². The molecule has 1 heterocycles. The first-order valence-corrected chi connectivity index (χ1v) is 7.22. The molecule has 1 aliphatic heterocycles. The quantitative estimate of drug-likeness (QED) is 0.923. The summed E-state index contributed by atoms with van der Waals surface area (Å²) in [4.78, 5) is 13.9. The van der Waals surface area contributed by atoms with Crippen LogP contribution in [0.5, 0.6) is 0 Å². The van der Waals surface area contributed by atoms with Gasteiger partial charge >= 0.3 is 6.18 Å². The standard InChI is InChI=1S/C15H17F3N2O/c16-15(17,18)11-5-6-13(20-7-1-2-8-20)12(9-11)19-14(21)10-3-4-10/h5-6,9-10H,1-4,7-8H2,(H,19,21). The van der Waals surface area contributed by atoms with Gasteiger partial charge in [0.1, 0.15) is 0 Å². The van der Waals surface area contributed by atoms with Gasteiger partial charge in [0.05, 0.1) is 16.9 Å². The SMILES string of the molecule is O=C(Nc1cc(C(F)(F)F)ccc1N1CCCC1)C1CC1. The van der Waals surface area contributed by atoms with Crippen LogP contribution in [0.2, 0.25) is 0 Å². The molecule has 3 nitrogen and oxygen atoms in total. The van der Waals surface area contributed by atoms with Crippen LogP contribution in [0, 0.1) is 5.92 Å². The highest BCUT2D eigenvalue weighted by Gasteiger charge is 2.33. The number of carbonyl (C=O) groups is 1. The average Bonchev–Trinajstić information content (AvgIpc) is 3.14. The van der Waals surface area contributed by atoms with E-state index in [0.717, 1.165) is 50.9 Å². The van der Waals surface area contributed by atoms with Crippen molar-refractivity contribution in [2.24, 2.45) is 5.92 Å². The van der Waals surface area contributed by atoms with Crippen LogP contribution in [0.15, 0.2) is 18.2 Å². The maximum atomic E-state index is 12.9. The minimum atomic E-state index is -4.40. The second-order valence-corrected chi connectivity index (χ2v) is 5.69. The molecule has 0 bridgehead atoms. The molecule has 1 N–H and O–H groups in total. The molecule has 1 aliphatic carbocycles. The molecule has 2 aliphatic rings. The smallest absolute Gasteiger partial charge is 0.370 e. The highest BCUT2D eigenvalue weighted by Crippen LogP contribution is 2.38. The molecule has 0 aromatic heterocycles. The van der Waals surface area contributed by atoms with Crippen molar-refractivity contribution in [3.05, 3.63) is 23.8 Å². The van der Waals surface area contributed by atoms with Gasteiger partial charge < -0.3 is 10.2 Å². The molecule has 0 unspecified atom stereocenters. The summed E-state index contributed by atoms with van der Waals surface area (Å²) in [5.41, 5.74) is 0.245. The van der Waals surface area contributed by atoms with Crippen LogP contribution in [0.1, 0.15) is 31.2 Å². The van der Waals surface area contributed by atoms with Crippen LogP contribution in [0.25, 0.3) is 0 Å². The van der Waals surface area contributed by atoms with Gasteiger partial charge in [0.25, 0.3) is 0 Å². The number of nitrogens with one attached hydrogen (secondary N) is 1. The molecule has 0 radical (unpaired) electrons. The number of halogens is 3. The van der Waals surface area contributed by atoms with E-state index in [1.54, 1.807) is 0 Å². The molecule has 0 spiro atoms. The van der Waals surface area contributed by atoms with Gasteiger partial charge in [0.2, 0.25) is 5.91 Å². The Kier molecular flexibility index (Phi) is 3.55. The Morgan fingerprint density at radius 2 is 1.86 bits per heavy atom. The first kappa shape index (κ1) is 14.2.